The number of carbonyl (C=O) groups excluding carboxylic acids is 1. The summed E-state index contributed by atoms with van der Waals surface area (Å²) in [5.41, 5.74) is 5.80. The predicted octanol–water partition coefficient (Wildman–Crippen LogP) is 2.77. The smallest absolute Gasteiger partial charge is 0.248 e. The second kappa shape index (κ2) is 6.23. The summed E-state index contributed by atoms with van der Waals surface area (Å²) >= 11 is 0. The van der Waals surface area contributed by atoms with Crippen molar-refractivity contribution in [3.63, 3.8) is 0 Å². The summed E-state index contributed by atoms with van der Waals surface area (Å²) < 4.78 is 13.5. The predicted molar refractivity (Wildman–Crippen MR) is 67.5 cm³/mol. The minimum atomic E-state index is -0.547. The van der Waals surface area contributed by atoms with Crippen molar-refractivity contribution < 1.29 is 9.18 Å². The maximum atomic E-state index is 13.5. The van der Waals surface area contributed by atoms with Crippen molar-refractivity contribution in [2.75, 3.05) is 11.9 Å². The van der Waals surface area contributed by atoms with E-state index in [1.807, 2.05) is 0 Å². The first-order chi connectivity index (χ1) is 8.04. The van der Waals surface area contributed by atoms with Crippen LogP contribution in [0.2, 0.25) is 0 Å². The lowest BCUT2D eigenvalue weighted by molar-refractivity contribution is 0.100. The van der Waals surface area contributed by atoms with Gasteiger partial charge in [-0.25, -0.2) is 4.39 Å². The molecule has 1 atom stereocenters. The van der Waals surface area contributed by atoms with Gasteiger partial charge in [-0.05, 0) is 30.5 Å². The molecule has 3 nitrogen and oxygen atoms in total. The minimum Gasteiger partial charge on any atom is -0.382 e. The van der Waals surface area contributed by atoms with Crippen LogP contribution in [0.3, 0.4) is 0 Å². The fraction of sp³-hybridized carbons (Fsp3) is 0.462. The van der Waals surface area contributed by atoms with Crippen LogP contribution >= 0.6 is 0 Å². The molecule has 0 aliphatic heterocycles. The van der Waals surface area contributed by atoms with Gasteiger partial charge < -0.3 is 11.1 Å². The van der Waals surface area contributed by atoms with Crippen molar-refractivity contribution in [1.82, 2.24) is 0 Å². The van der Waals surface area contributed by atoms with Gasteiger partial charge in [-0.1, -0.05) is 20.3 Å². The Morgan fingerprint density at radius 2 is 2.24 bits per heavy atom. The van der Waals surface area contributed by atoms with Crippen molar-refractivity contribution in [1.29, 1.82) is 0 Å². The van der Waals surface area contributed by atoms with Gasteiger partial charge in [0, 0.05) is 12.1 Å². The number of benzene rings is 1. The molecule has 0 saturated carbocycles. The molecule has 4 heteroatoms. The summed E-state index contributed by atoms with van der Waals surface area (Å²) in [6.07, 6.45) is 2.19. The standard InChI is InChI=1S/C13H19FN2O/c1-3-4-9(2)8-16-12-7-10(13(15)17)5-6-11(12)14/h5-7,9,16H,3-4,8H2,1-2H3,(H2,15,17). The number of rotatable bonds is 6. The highest BCUT2D eigenvalue weighted by atomic mass is 19.1. The van der Waals surface area contributed by atoms with E-state index in [4.69, 9.17) is 5.73 Å². The highest BCUT2D eigenvalue weighted by molar-refractivity contribution is 5.93. The largest absolute Gasteiger partial charge is 0.382 e. The van der Waals surface area contributed by atoms with Gasteiger partial charge in [-0.2, -0.15) is 0 Å². The van der Waals surface area contributed by atoms with Crippen LogP contribution < -0.4 is 11.1 Å². The van der Waals surface area contributed by atoms with Crippen LogP contribution in [0, 0.1) is 11.7 Å². The van der Waals surface area contributed by atoms with Gasteiger partial charge in [0.25, 0.3) is 0 Å². The number of hydrogen-bond acceptors (Lipinski definition) is 2. The Hall–Kier alpha value is -1.58. The molecule has 3 N–H and O–H groups in total. The maximum absolute atomic E-state index is 13.5. The molecule has 0 aromatic heterocycles. The van der Waals surface area contributed by atoms with Gasteiger partial charge in [0.1, 0.15) is 5.82 Å². The minimum absolute atomic E-state index is 0.317. The van der Waals surface area contributed by atoms with Crippen LogP contribution in [-0.4, -0.2) is 12.5 Å². The zero-order chi connectivity index (χ0) is 12.8. The Balaban J connectivity index is 2.69. The van der Waals surface area contributed by atoms with Crippen LogP contribution in [0.15, 0.2) is 18.2 Å². The van der Waals surface area contributed by atoms with Gasteiger partial charge >= 0.3 is 0 Å². The molecule has 0 heterocycles. The van der Waals surface area contributed by atoms with Crippen molar-refractivity contribution in [3.8, 4) is 0 Å². The molecule has 0 fully saturated rings. The molecule has 0 bridgehead atoms. The third-order valence-corrected chi connectivity index (χ3v) is 2.67. The van der Waals surface area contributed by atoms with E-state index in [9.17, 15) is 9.18 Å². The Morgan fingerprint density at radius 3 is 2.82 bits per heavy atom. The van der Waals surface area contributed by atoms with Gasteiger partial charge in [0.15, 0.2) is 0 Å². The zero-order valence-electron chi connectivity index (χ0n) is 10.3. The molecule has 0 aliphatic rings. The number of nitrogens with one attached hydrogen (secondary N) is 1. The molecule has 0 saturated heterocycles. The van der Waals surface area contributed by atoms with Gasteiger partial charge in [-0.3, -0.25) is 4.79 Å². The highest BCUT2D eigenvalue weighted by Gasteiger charge is 2.08. The molecule has 0 aliphatic carbocycles. The Kier molecular flexibility index (Phi) is 4.94. The van der Waals surface area contributed by atoms with E-state index in [1.54, 1.807) is 0 Å². The van der Waals surface area contributed by atoms with Gasteiger partial charge in [-0.15, -0.1) is 0 Å². The number of hydrogen-bond donors (Lipinski definition) is 2. The van der Waals surface area contributed by atoms with E-state index in [-0.39, 0.29) is 5.82 Å². The first kappa shape index (κ1) is 13.5. The van der Waals surface area contributed by atoms with Crippen LogP contribution in [-0.2, 0) is 0 Å². The van der Waals surface area contributed by atoms with Crippen molar-refractivity contribution in [3.05, 3.63) is 29.6 Å². The van der Waals surface area contributed by atoms with E-state index >= 15 is 0 Å². The molecule has 94 valence electrons. The molecule has 1 aromatic carbocycles. The topological polar surface area (TPSA) is 55.1 Å². The van der Waals surface area contributed by atoms with Crippen LogP contribution in [0.25, 0.3) is 0 Å². The first-order valence-electron chi connectivity index (χ1n) is 5.87. The van der Waals surface area contributed by atoms with E-state index in [0.717, 1.165) is 12.8 Å². The van der Waals surface area contributed by atoms with Gasteiger partial charge in [0.05, 0.1) is 5.69 Å². The highest BCUT2D eigenvalue weighted by Crippen LogP contribution is 2.17. The van der Waals surface area contributed by atoms with Crippen molar-refractivity contribution in [2.24, 2.45) is 11.7 Å². The quantitative estimate of drug-likeness (QED) is 0.800. The van der Waals surface area contributed by atoms with Crippen LogP contribution in [0.4, 0.5) is 10.1 Å². The summed E-state index contributed by atoms with van der Waals surface area (Å²) in [5, 5.41) is 3.01. The average Bonchev–Trinajstić information content (AvgIpc) is 2.28. The fourth-order valence-corrected chi connectivity index (χ4v) is 1.69. The lowest BCUT2D eigenvalue weighted by Crippen LogP contribution is -2.14. The maximum Gasteiger partial charge on any atom is 0.248 e. The molecule has 0 radical (unpaired) electrons. The molecule has 1 rings (SSSR count). The zero-order valence-corrected chi connectivity index (χ0v) is 10.3. The number of nitrogens with two attached hydrogens (primary N) is 1. The monoisotopic (exact) mass is 238 g/mol. The third kappa shape index (κ3) is 4.06. The summed E-state index contributed by atoms with van der Waals surface area (Å²) in [5.74, 6) is -0.440. The number of amides is 1. The van der Waals surface area contributed by atoms with Crippen LogP contribution in [0.5, 0.6) is 0 Å². The second-order valence-corrected chi connectivity index (χ2v) is 4.33. The van der Waals surface area contributed by atoms with Gasteiger partial charge in [0.2, 0.25) is 5.91 Å². The van der Waals surface area contributed by atoms with E-state index in [0.29, 0.717) is 23.7 Å². The molecule has 1 aromatic rings. The number of halogens is 1. The molecule has 1 amide bonds. The Labute approximate surface area is 101 Å². The average molecular weight is 238 g/mol. The first-order valence-corrected chi connectivity index (χ1v) is 5.87. The number of carbonyl (C=O) groups is 1. The molecular formula is C13H19FN2O. The molecule has 1 unspecified atom stereocenters. The summed E-state index contributed by atoms with van der Waals surface area (Å²) in [7, 11) is 0. The van der Waals surface area contributed by atoms with E-state index < -0.39 is 5.91 Å². The normalized spacial score (nSPS) is 12.2. The van der Waals surface area contributed by atoms with E-state index in [2.05, 4.69) is 19.2 Å². The second-order valence-electron chi connectivity index (χ2n) is 4.33. The van der Waals surface area contributed by atoms with E-state index in [1.165, 1.54) is 18.2 Å². The lowest BCUT2D eigenvalue weighted by Gasteiger charge is -2.13. The lowest BCUT2D eigenvalue weighted by atomic mass is 10.1. The Bertz CT molecular complexity index is 393. The van der Waals surface area contributed by atoms with Crippen LogP contribution in [0.1, 0.15) is 37.0 Å². The summed E-state index contributed by atoms with van der Waals surface area (Å²) in [4.78, 5) is 11.0. The summed E-state index contributed by atoms with van der Waals surface area (Å²) in [6.45, 7) is 4.91. The molecular weight excluding hydrogens is 219 g/mol. The third-order valence-electron chi connectivity index (χ3n) is 2.67. The fourth-order valence-electron chi connectivity index (χ4n) is 1.69. The Morgan fingerprint density at radius 1 is 1.53 bits per heavy atom. The molecule has 0 spiro atoms. The number of primary amides is 1. The summed E-state index contributed by atoms with van der Waals surface area (Å²) in [6, 6.07) is 4.10. The SMILES string of the molecule is CCCC(C)CNc1cc(C(N)=O)ccc1F. The van der Waals surface area contributed by atoms with Crippen molar-refractivity contribution >= 4 is 11.6 Å². The van der Waals surface area contributed by atoms with Crippen molar-refractivity contribution in [2.45, 2.75) is 26.7 Å². The number of anilines is 1. The molecule has 17 heavy (non-hydrogen) atoms.